The van der Waals surface area contributed by atoms with Crippen molar-refractivity contribution in [3.63, 3.8) is 0 Å². The van der Waals surface area contributed by atoms with Crippen LogP contribution in [0.5, 0.6) is 0 Å². The van der Waals surface area contributed by atoms with Crippen molar-refractivity contribution in [2.75, 3.05) is 12.4 Å². The van der Waals surface area contributed by atoms with Crippen LogP contribution in [0, 0.1) is 11.3 Å². The highest BCUT2D eigenvalue weighted by atomic mass is 35.5. The van der Waals surface area contributed by atoms with Gasteiger partial charge >= 0.3 is 0 Å². The van der Waals surface area contributed by atoms with E-state index in [9.17, 15) is 9.18 Å². The maximum absolute atomic E-state index is 12.9. The van der Waals surface area contributed by atoms with E-state index >= 15 is 0 Å². The Bertz CT molecular complexity index is 241. The van der Waals surface area contributed by atoms with Crippen molar-refractivity contribution < 1.29 is 9.18 Å². The SMILES string of the molecule is N#CCC1CC(F)CN1C(=O)CCl. The molecule has 1 aliphatic heterocycles. The van der Waals surface area contributed by atoms with Crippen LogP contribution in [0.3, 0.4) is 0 Å². The van der Waals surface area contributed by atoms with Crippen LogP contribution in [0.2, 0.25) is 0 Å². The number of halogens is 2. The van der Waals surface area contributed by atoms with E-state index in [4.69, 9.17) is 16.9 Å². The summed E-state index contributed by atoms with van der Waals surface area (Å²) in [7, 11) is 0. The van der Waals surface area contributed by atoms with Crippen molar-refractivity contribution in [1.29, 1.82) is 5.26 Å². The van der Waals surface area contributed by atoms with Gasteiger partial charge in [0.25, 0.3) is 0 Å². The predicted octanol–water partition coefficient (Wildman–Crippen LogP) is 1.08. The van der Waals surface area contributed by atoms with Crippen LogP contribution in [0.15, 0.2) is 0 Å². The van der Waals surface area contributed by atoms with Gasteiger partial charge in [0.2, 0.25) is 5.91 Å². The molecule has 0 bridgehead atoms. The molecule has 13 heavy (non-hydrogen) atoms. The van der Waals surface area contributed by atoms with Crippen molar-refractivity contribution in [3.05, 3.63) is 0 Å². The molecule has 1 fully saturated rings. The lowest BCUT2D eigenvalue weighted by Crippen LogP contribution is -2.36. The summed E-state index contributed by atoms with van der Waals surface area (Å²) in [6.07, 6.45) is -0.565. The molecule has 1 amide bonds. The molecule has 1 heterocycles. The Labute approximate surface area is 81.1 Å². The molecule has 1 saturated heterocycles. The summed E-state index contributed by atoms with van der Waals surface area (Å²) in [5.41, 5.74) is 0. The molecule has 0 saturated carbocycles. The van der Waals surface area contributed by atoms with E-state index < -0.39 is 6.17 Å². The predicted molar refractivity (Wildman–Crippen MR) is 46.0 cm³/mol. The third-order valence-electron chi connectivity index (χ3n) is 2.12. The first-order chi connectivity index (χ1) is 6.19. The highest BCUT2D eigenvalue weighted by Crippen LogP contribution is 2.22. The third-order valence-corrected chi connectivity index (χ3v) is 2.35. The second-order valence-electron chi connectivity index (χ2n) is 3.03. The normalized spacial score (nSPS) is 27.3. The first-order valence-corrected chi connectivity index (χ1v) is 4.59. The third kappa shape index (κ3) is 2.31. The minimum absolute atomic E-state index is 0.0813. The molecule has 0 aliphatic carbocycles. The van der Waals surface area contributed by atoms with Gasteiger partial charge in [-0.2, -0.15) is 5.26 Å². The van der Waals surface area contributed by atoms with Gasteiger partial charge in [-0.25, -0.2) is 4.39 Å². The second-order valence-corrected chi connectivity index (χ2v) is 3.30. The van der Waals surface area contributed by atoms with E-state index in [1.54, 1.807) is 0 Å². The van der Waals surface area contributed by atoms with Gasteiger partial charge in [-0.15, -0.1) is 11.6 Å². The number of alkyl halides is 2. The summed E-state index contributed by atoms with van der Waals surface area (Å²) in [4.78, 5) is 12.5. The highest BCUT2D eigenvalue weighted by molar-refractivity contribution is 6.27. The minimum Gasteiger partial charge on any atom is -0.335 e. The Morgan fingerprint density at radius 1 is 1.77 bits per heavy atom. The van der Waals surface area contributed by atoms with Crippen LogP contribution in [-0.2, 0) is 4.79 Å². The van der Waals surface area contributed by atoms with Crippen molar-refractivity contribution in [1.82, 2.24) is 4.90 Å². The molecule has 0 aromatic heterocycles. The Morgan fingerprint density at radius 2 is 2.46 bits per heavy atom. The number of carbonyl (C=O) groups is 1. The molecular weight excluding hydrogens is 195 g/mol. The van der Waals surface area contributed by atoms with Crippen molar-refractivity contribution in [2.24, 2.45) is 0 Å². The van der Waals surface area contributed by atoms with Gasteiger partial charge in [0.05, 0.1) is 19.0 Å². The number of rotatable bonds is 2. The molecule has 1 rings (SSSR count). The van der Waals surface area contributed by atoms with Crippen LogP contribution in [0.1, 0.15) is 12.8 Å². The first-order valence-electron chi connectivity index (χ1n) is 4.05. The number of amides is 1. The zero-order valence-electron chi connectivity index (χ0n) is 7.04. The number of carbonyl (C=O) groups excluding carboxylic acids is 1. The fourth-order valence-corrected chi connectivity index (χ4v) is 1.69. The smallest absolute Gasteiger partial charge is 0.237 e. The number of likely N-dealkylation sites (tertiary alicyclic amines) is 1. The molecule has 72 valence electrons. The average molecular weight is 205 g/mol. The topological polar surface area (TPSA) is 44.1 Å². The zero-order valence-corrected chi connectivity index (χ0v) is 7.80. The number of hydrogen-bond acceptors (Lipinski definition) is 2. The summed E-state index contributed by atoms with van der Waals surface area (Å²) in [6.45, 7) is 0.0813. The summed E-state index contributed by atoms with van der Waals surface area (Å²) in [5.74, 6) is -0.434. The Kier molecular flexibility index (Phi) is 3.49. The molecule has 2 atom stereocenters. The molecule has 2 unspecified atom stereocenters. The Morgan fingerprint density at radius 3 is 3.00 bits per heavy atom. The van der Waals surface area contributed by atoms with Gasteiger partial charge in [-0.05, 0) is 0 Å². The summed E-state index contributed by atoms with van der Waals surface area (Å²) < 4.78 is 12.9. The molecule has 3 nitrogen and oxygen atoms in total. The lowest BCUT2D eigenvalue weighted by Gasteiger charge is -2.20. The minimum atomic E-state index is -1.01. The van der Waals surface area contributed by atoms with Crippen LogP contribution < -0.4 is 0 Å². The van der Waals surface area contributed by atoms with E-state index in [-0.39, 0.29) is 37.2 Å². The molecular formula is C8H10ClFN2O. The van der Waals surface area contributed by atoms with Gasteiger partial charge in [-0.1, -0.05) is 0 Å². The van der Waals surface area contributed by atoms with Crippen molar-refractivity contribution in [2.45, 2.75) is 25.1 Å². The monoisotopic (exact) mass is 204 g/mol. The van der Waals surface area contributed by atoms with Gasteiger partial charge in [-0.3, -0.25) is 4.79 Å². The molecule has 0 aromatic rings. The lowest BCUT2D eigenvalue weighted by atomic mass is 10.1. The average Bonchev–Trinajstić information content (AvgIpc) is 2.46. The van der Waals surface area contributed by atoms with Gasteiger partial charge in [0.1, 0.15) is 12.1 Å². The maximum Gasteiger partial charge on any atom is 0.237 e. The Balaban J connectivity index is 2.61. The van der Waals surface area contributed by atoms with Crippen molar-refractivity contribution >= 4 is 17.5 Å². The summed E-state index contributed by atoms with van der Waals surface area (Å²) in [5, 5.41) is 8.44. The fraction of sp³-hybridized carbons (Fsp3) is 0.750. The van der Waals surface area contributed by atoms with Crippen LogP contribution >= 0.6 is 11.6 Å². The van der Waals surface area contributed by atoms with Crippen LogP contribution in [0.4, 0.5) is 4.39 Å². The summed E-state index contributed by atoms with van der Waals surface area (Å²) >= 11 is 5.35. The molecule has 0 aromatic carbocycles. The molecule has 5 heteroatoms. The van der Waals surface area contributed by atoms with E-state index in [0.29, 0.717) is 0 Å². The largest absolute Gasteiger partial charge is 0.335 e. The Hall–Kier alpha value is -0.820. The highest BCUT2D eigenvalue weighted by Gasteiger charge is 2.34. The van der Waals surface area contributed by atoms with E-state index in [1.807, 2.05) is 6.07 Å². The fourth-order valence-electron chi connectivity index (χ4n) is 1.54. The number of nitrogens with zero attached hydrogens (tertiary/aromatic N) is 2. The van der Waals surface area contributed by atoms with Gasteiger partial charge in [0.15, 0.2) is 0 Å². The van der Waals surface area contributed by atoms with Crippen LogP contribution in [0.25, 0.3) is 0 Å². The molecule has 0 N–H and O–H groups in total. The number of hydrogen-bond donors (Lipinski definition) is 0. The van der Waals surface area contributed by atoms with E-state index in [0.717, 1.165) is 0 Å². The maximum atomic E-state index is 12.9. The van der Waals surface area contributed by atoms with Crippen molar-refractivity contribution in [3.8, 4) is 6.07 Å². The quantitative estimate of drug-likeness (QED) is 0.632. The van der Waals surface area contributed by atoms with Gasteiger partial charge < -0.3 is 4.90 Å². The standard InChI is InChI=1S/C8H10ClFN2O/c9-4-8(13)12-5-6(10)3-7(12)1-2-11/h6-7H,1,3-5H2. The second kappa shape index (κ2) is 4.43. The number of nitriles is 1. The molecule has 0 radical (unpaired) electrons. The first kappa shape index (κ1) is 10.3. The van der Waals surface area contributed by atoms with E-state index in [1.165, 1.54) is 4.90 Å². The van der Waals surface area contributed by atoms with Crippen LogP contribution in [-0.4, -0.2) is 35.4 Å². The van der Waals surface area contributed by atoms with E-state index in [2.05, 4.69) is 0 Å². The molecule has 1 aliphatic rings. The lowest BCUT2D eigenvalue weighted by molar-refractivity contribution is -0.129. The van der Waals surface area contributed by atoms with Gasteiger partial charge in [0, 0.05) is 12.5 Å². The summed E-state index contributed by atoms with van der Waals surface area (Å²) in [6, 6.07) is 1.65. The zero-order chi connectivity index (χ0) is 9.84. The molecule has 0 spiro atoms.